The Morgan fingerprint density at radius 3 is 2.50 bits per heavy atom. The summed E-state index contributed by atoms with van der Waals surface area (Å²) < 4.78 is 28.4. The molecule has 1 saturated heterocycles. The summed E-state index contributed by atoms with van der Waals surface area (Å²) >= 11 is 0. The molecule has 1 aliphatic rings. The van der Waals surface area contributed by atoms with E-state index in [1.807, 2.05) is 18.2 Å². The zero-order valence-corrected chi connectivity index (χ0v) is 15.8. The first-order chi connectivity index (χ1) is 11.3. The molecular weight excluding hydrogens is 322 g/mol. The Morgan fingerprint density at radius 1 is 1.25 bits per heavy atom. The van der Waals surface area contributed by atoms with Crippen LogP contribution >= 0.6 is 0 Å². The predicted octanol–water partition coefficient (Wildman–Crippen LogP) is 2.05. The molecule has 0 bridgehead atoms. The highest BCUT2D eigenvalue weighted by Crippen LogP contribution is 2.25. The normalized spacial score (nSPS) is 22.9. The molecule has 0 unspecified atom stereocenters. The van der Waals surface area contributed by atoms with Gasteiger partial charge in [0.05, 0.1) is 0 Å². The summed E-state index contributed by atoms with van der Waals surface area (Å²) in [5.74, 6) is 0.757. The van der Waals surface area contributed by atoms with Crippen LogP contribution in [0.25, 0.3) is 6.08 Å². The third kappa shape index (κ3) is 5.14. The molecule has 0 amide bonds. The summed E-state index contributed by atoms with van der Waals surface area (Å²) in [5, 5.41) is 0. The lowest BCUT2D eigenvalue weighted by molar-refractivity contribution is 0.323. The van der Waals surface area contributed by atoms with Crippen molar-refractivity contribution in [2.24, 2.45) is 11.8 Å². The fraction of sp³-hybridized carbons (Fsp3) is 0.556. The number of hydrogen-bond donors (Lipinski definition) is 1. The fourth-order valence-corrected chi connectivity index (χ4v) is 3.90. The molecule has 2 rings (SSSR count). The van der Waals surface area contributed by atoms with Crippen LogP contribution in [0.5, 0.6) is 0 Å². The maximum Gasteiger partial charge on any atom is 0.279 e. The molecule has 0 radical (unpaired) electrons. The van der Waals surface area contributed by atoms with Crippen molar-refractivity contribution in [1.82, 2.24) is 13.9 Å². The van der Waals surface area contributed by atoms with Gasteiger partial charge in [0.15, 0.2) is 0 Å². The molecular formula is C18H29N3O2S. The van der Waals surface area contributed by atoms with Gasteiger partial charge in [0.2, 0.25) is 0 Å². The monoisotopic (exact) mass is 351 g/mol. The van der Waals surface area contributed by atoms with Gasteiger partial charge in [0.25, 0.3) is 10.2 Å². The molecule has 1 N–H and O–H groups in total. The van der Waals surface area contributed by atoms with Crippen LogP contribution in [0.3, 0.4) is 0 Å². The highest BCUT2D eigenvalue weighted by atomic mass is 32.2. The lowest BCUT2D eigenvalue weighted by Crippen LogP contribution is -2.46. The van der Waals surface area contributed by atoms with Crippen LogP contribution in [-0.2, 0) is 10.2 Å². The summed E-state index contributed by atoms with van der Waals surface area (Å²) in [6, 6.07) is 10.2. The van der Waals surface area contributed by atoms with Crippen molar-refractivity contribution in [3.63, 3.8) is 0 Å². The molecule has 2 atom stereocenters. The van der Waals surface area contributed by atoms with E-state index in [4.69, 9.17) is 0 Å². The van der Waals surface area contributed by atoms with E-state index < -0.39 is 10.2 Å². The topological polar surface area (TPSA) is 52.7 Å². The summed E-state index contributed by atoms with van der Waals surface area (Å²) in [6.07, 6.45) is 4.26. The Bertz CT molecular complexity index is 641. The van der Waals surface area contributed by atoms with E-state index in [1.165, 1.54) is 9.87 Å². The maximum atomic E-state index is 12.1. The van der Waals surface area contributed by atoms with Crippen molar-refractivity contribution in [1.29, 1.82) is 0 Å². The average molecular weight is 352 g/mol. The number of nitrogens with zero attached hydrogens (tertiary/aromatic N) is 2. The fourth-order valence-electron chi connectivity index (χ4n) is 3.06. The average Bonchev–Trinajstić information content (AvgIpc) is 2.90. The maximum absolute atomic E-state index is 12.1. The van der Waals surface area contributed by atoms with Gasteiger partial charge in [-0.15, -0.1) is 0 Å². The predicted molar refractivity (Wildman–Crippen MR) is 99.8 cm³/mol. The SMILES string of the molecule is CC(C)[C@@H]1CN(CC=Cc2ccccc2)C[C@H]1NS(=O)(=O)N(C)C. The number of hydrogen-bond acceptors (Lipinski definition) is 3. The van der Waals surface area contributed by atoms with Gasteiger partial charge in [-0.25, -0.2) is 0 Å². The molecule has 0 aliphatic carbocycles. The van der Waals surface area contributed by atoms with Gasteiger partial charge >= 0.3 is 0 Å². The molecule has 1 heterocycles. The van der Waals surface area contributed by atoms with Gasteiger partial charge in [-0.3, -0.25) is 4.90 Å². The van der Waals surface area contributed by atoms with Crippen molar-refractivity contribution < 1.29 is 8.42 Å². The molecule has 0 aromatic heterocycles. The molecule has 1 fully saturated rings. The van der Waals surface area contributed by atoms with Crippen LogP contribution in [0.2, 0.25) is 0 Å². The lowest BCUT2D eigenvalue weighted by Gasteiger charge is -2.24. The number of rotatable bonds is 7. The minimum absolute atomic E-state index is 0.0393. The first-order valence-electron chi connectivity index (χ1n) is 8.43. The Labute approximate surface area is 146 Å². The zero-order chi connectivity index (χ0) is 17.7. The van der Waals surface area contributed by atoms with Gasteiger partial charge in [0, 0.05) is 39.8 Å². The third-order valence-corrected chi connectivity index (χ3v) is 6.11. The van der Waals surface area contributed by atoms with E-state index in [0.717, 1.165) is 19.6 Å². The molecule has 0 saturated carbocycles. The van der Waals surface area contributed by atoms with Gasteiger partial charge < -0.3 is 0 Å². The van der Waals surface area contributed by atoms with Crippen molar-refractivity contribution in [3.05, 3.63) is 42.0 Å². The first kappa shape index (κ1) is 19.1. The Balaban J connectivity index is 1.98. The summed E-state index contributed by atoms with van der Waals surface area (Å²) in [7, 11) is -0.281. The summed E-state index contributed by atoms with van der Waals surface area (Å²) in [6.45, 7) is 6.81. The summed E-state index contributed by atoms with van der Waals surface area (Å²) in [5.41, 5.74) is 1.18. The van der Waals surface area contributed by atoms with Crippen molar-refractivity contribution in [2.45, 2.75) is 19.9 Å². The van der Waals surface area contributed by atoms with Crippen molar-refractivity contribution in [3.8, 4) is 0 Å². The van der Waals surface area contributed by atoms with E-state index in [-0.39, 0.29) is 6.04 Å². The van der Waals surface area contributed by atoms with Crippen LogP contribution in [0.4, 0.5) is 0 Å². The van der Waals surface area contributed by atoms with Gasteiger partial charge in [-0.2, -0.15) is 17.4 Å². The van der Waals surface area contributed by atoms with Crippen LogP contribution < -0.4 is 4.72 Å². The van der Waals surface area contributed by atoms with Crippen molar-refractivity contribution >= 4 is 16.3 Å². The number of benzene rings is 1. The second kappa shape index (κ2) is 8.25. The first-order valence-corrected chi connectivity index (χ1v) is 9.87. The number of likely N-dealkylation sites (tertiary alicyclic amines) is 1. The van der Waals surface area contributed by atoms with Gasteiger partial charge in [-0.1, -0.05) is 56.3 Å². The molecule has 0 spiro atoms. The quantitative estimate of drug-likeness (QED) is 0.818. The standard InChI is InChI=1S/C18H29N3O2S/c1-15(2)17-13-21(12-8-11-16-9-6-5-7-10-16)14-18(17)19-24(22,23)20(3)4/h5-11,15,17-19H,12-14H2,1-4H3/t17-,18+/m0/s1. The highest BCUT2D eigenvalue weighted by Gasteiger charge is 2.36. The van der Waals surface area contributed by atoms with Gasteiger partial charge in [0.1, 0.15) is 0 Å². The minimum atomic E-state index is -3.40. The second-order valence-corrected chi connectivity index (χ2v) is 8.87. The second-order valence-electron chi connectivity index (χ2n) is 6.95. The highest BCUT2D eigenvalue weighted by molar-refractivity contribution is 7.87. The Morgan fingerprint density at radius 2 is 1.92 bits per heavy atom. The van der Waals surface area contributed by atoms with Crippen LogP contribution in [-0.4, -0.2) is 57.4 Å². The molecule has 5 nitrogen and oxygen atoms in total. The van der Waals surface area contributed by atoms with Crippen molar-refractivity contribution in [2.75, 3.05) is 33.7 Å². The van der Waals surface area contributed by atoms with Crippen LogP contribution in [0.15, 0.2) is 36.4 Å². The molecule has 1 aromatic rings. The van der Waals surface area contributed by atoms with E-state index in [1.54, 1.807) is 14.1 Å². The van der Waals surface area contributed by atoms with E-state index in [0.29, 0.717) is 11.8 Å². The molecule has 1 aliphatic heterocycles. The molecule has 134 valence electrons. The Hall–Kier alpha value is -1.21. The van der Waals surface area contributed by atoms with E-state index in [9.17, 15) is 8.42 Å². The smallest absolute Gasteiger partial charge is 0.279 e. The van der Waals surface area contributed by atoms with Gasteiger partial charge in [-0.05, 0) is 17.4 Å². The summed E-state index contributed by atoms with van der Waals surface area (Å²) in [4.78, 5) is 2.31. The number of nitrogens with one attached hydrogen (secondary N) is 1. The Kier molecular flexibility index (Phi) is 6.57. The minimum Gasteiger partial charge on any atom is -0.298 e. The lowest BCUT2D eigenvalue weighted by atomic mass is 9.92. The van der Waals surface area contributed by atoms with E-state index >= 15 is 0 Å². The molecule has 24 heavy (non-hydrogen) atoms. The zero-order valence-electron chi connectivity index (χ0n) is 15.0. The third-order valence-electron chi connectivity index (χ3n) is 4.55. The largest absolute Gasteiger partial charge is 0.298 e. The van der Waals surface area contributed by atoms with E-state index in [2.05, 4.69) is 47.8 Å². The molecule has 1 aromatic carbocycles. The van der Waals surface area contributed by atoms with Crippen LogP contribution in [0, 0.1) is 11.8 Å². The molecule has 6 heteroatoms. The van der Waals surface area contributed by atoms with Crippen LogP contribution in [0.1, 0.15) is 19.4 Å².